The lowest BCUT2D eigenvalue weighted by Crippen LogP contribution is -2.39. The fourth-order valence-corrected chi connectivity index (χ4v) is 4.52. The molecule has 0 bridgehead atoms. The number of likely N-dealkylation sites (tertiary alicyclic amines) is 1. The third kappa shape index (κ3) is 4.75. The minimum Gasteiger partial charge on any atom is -0.494 e. The van der Waals surface area contributed by atoms with Crippen LogP contribution in [0.4, 0.5) is 5.69 Å². The molecule has 0 aromatic heterocycles. The summed E-state index contributed by atoms with van der Waals surface area (Å²) in [5.74, 6) is 1.28. The number of piperidine rings is 1. The van der Waals surface area contributed by atoms with Gasteiger partial charge in [0.2, 0.25) is 0 Å². The molecule has 2 aliphatic heterocycles. The maximum Gasteiger partial charge on any atom is 0.282 e. The van der Waals surface area contributed by atoms with Gasteiger partial charge < -0.3 is 14.4 Å². The van der Waals surface area contributed by atoms with Gasteiger partial charge in [-0.05, 0) is 61.9 Å². The molecule has 0 spiro atoms. The van der Waals surface area contributed by atoms with Crippen molar-refractivity contribution in [3.63, 3.8) is 0 Å². The molecule has 0 N–H and O–H groups in total. The van der Waals surface area contributed by atoms with E-state index in [1.807, 2.05) is 37.3 Å². The number of amides is 2. The molecule has 2 aliphatic rings. The highest BCUT2D eigenvalue weighted by Crippen LogP contribution is 2.37. The molecule has 0 radical (unpaired) electrons. The number of carbonyl (C=O) groups is 2. The van der Waals surface area contributed by atoms with Gasteiger partial charge in [-0.2, -0.15) is 0 Å². The van der Waals surface area contributed by atoms with Crippen LogP contribution in [0.1, 0.15) is 45.6 Å². The van der Waals surface area contributed by atoms with E-state index in [1.54, 1.807) is 18.2 Å². The van der Waals surface area contributed by atoms with Crippen molar-refractivity contribution in [1.82, 2.24) is 4.90 Å². The van der Waals surface area contributed by atoms with E-state index < -0.39 is 0 Å². The summed E-state index contributed by atoms with van der Waals surface area (Å²) in [6.45, 7) is 8.84. The molecule has 6 nitrogen and oxygen atoms in total. The molecular formula is C27H32N2O4. The lowest BCUT2D eigenvalue weighted by Gasteiger charge is -2.33. The Labute approximate surface area is 195 Å². The van der Waals surface area contributed by atoms with Crippen LogP contribution in [-0.2, 0) is 9.59 Å². The minimum absolute atomic E-state index is 0.274. The van der Waals surface area contributed by atoms with Gasteiger partial charge in [0.05, 0.1) is 24.5 Å². The van der Waals surface area contributed by atoms with Crippen LogP contribution in [0.15, 0.2) is 54.2 Å². The molecule has 2 heterocycles. The van der Waals surface area contributed by atoms with Crippen molar-refractivity contribution in [3.05, 3.63) is 59.8 Å². The van der Waals surface area contributed by atoms with Crippen molar-refractivity contribution in [1.29, 1.82) is 0 Å². The highest BCUT2D eigenvalue weighted by Gasteiger charge is 2.43. The molecule has 2 aromatic rings. The van der Waals surface area contributed by atoms with E-state index in [0.29, 0.717) is 41.8 Å². The molecular weight excluding hydrogens is 416 g/mol. The Kier molecular flexibility index (Phi) is 7.02. The van der Waals surface area contributed by atoms with Crippen molar-refractivity contribution in [3.8, 4) is 11.5 Å². The van der Waals surface area contributed by atoms with Gasteiger partial charge in [-0.1, -0.05) is 32.0 Å². The standard InChI is InChI=1S/C27H32N2O4/c1-4-16-33-22-13-11-20(12-14-22)24-25(28-15-7-8-19(3)18-28)27(31)29(26(24)30)21-9-6-10-23(17-21)32-5-2/h6,9-14,17,19H,4-5,7-8,15-16,18H2,1-3H3. The first-order valence-electron chi connectivity index (χ1n) is 11.9. The number of hydrogen-bond acceptors (Lipinski definition) is 5. The van der Waals surface area contributed by atoms with Crippen LogP contribution >= 0.6 is 0 Å². The molecule has 6 heteroatoms. The van der Waals surface area contributed by atoms with Crippen LogP contribution in [0.3, 0.4) is 0 Å². The second-order valence-corrected chi connectivity index (χ2v) is 8.67. The van der Waals surface area contributed by atoms with Crippen molar-refractivity contribution in [2.24, 2.45) is 5.92 Å². The number of hydrogen-bond donors (Lipinski definition) is 0. The lowest BCUT2D eigenvalue weighted by atomic mass is 9.97. The Morgan fingerprint density at radius 1 is 0.970 bits per heavy atom. The van der Waals surface area contributed by atoms with Crippen LogP contribution in [-0.4, -0.2) is 43.0 Å². The number of ether oxygens (including phenoxy) is 2. The summed E-state index contributed by atoms with van der Waals surface area (Å²) >= 11 is 0. The van der Waals surface area contributed by atoms with Gasteiger partial charge in [-0.25, -0.2) is 4.90 Å². The van der Waals surface area contributed by atoms with E-state index in [2.05, 4.69) is 18.7 Å². The highest BCUT2D eigenvalue weighted by atomic mass is 16.5. The minimum atomic E-state index is -0.302. The number of nitrogens with zero attached hydrogens (tertiary/aromatic N) is 2. The van der Waals surface area contributed by atoms with E-state index in [4.69, 9.17) is 9.47 Å². The molecule has 33 heavy (non-hydrogen) atoms. The quantitative estimate of drug-likeness (QED) is 0.538. The van der Waals surface area contributed by atoms with Crippen molar-refractivity contribution in [2.45, 2.75) is 40.0 Å². The molecule has 2 amide bonds. The van der Waals surface area contributed by atoms with Crippen LogP contribution in [0.5, 0.6) is 11.5 Å². The second kappa shape index (κ2) is 10.1. The van der Waals surface area contributed by atoms with Crippen molar-refractivity contribution in [2.75, 3.05) is 31.2 Å². The lowest BCUT2D eigenvalue weighted by molar-refractivity contribution is -0.120. The maximum atomic E-state index is 13.7. The van der Waals surface area contributed by atoms with Gasteiger partial charge in [0.15, 0.2) is 0 Å². The molecule has 1 atom stereocenters. The van der Waals surface area contributed by atoms with Gasteiger partial charge in [-0.15, -0.1) is 0 Å². The Morgan fingerprint density at radius 3 is 2.45 bits per heavy atom. The summed E-state index contributed by atoms with van der Waals surface area (Å²) in [4.78, 5) is 30.8. The first kappa shape index (κ1) is 22.9. The number of imide groups is 1. The van der Waals surface area contributed by atoms with Crippen LogP contribution in [0, 0.1) is 5.92 Å². The molecule has 2 aromatic carbocycles. The van der Waals surface area contributed by atoms with Gasteiger partial charge in [0.25, 0.3) is 11.8 Å². The summed E-state index contributed by atoms with van der Waals surface area (Å²) in [5.41, 5.74) is 2.21. The van der Waals surface area contributed by atoms with Gasteiger partial charge in [0.1, 0.15) is 17.2 Å². The van der Waals surface area contributed by atoms with E-state index >= 15 is 0 Å². The second-order valence-electron chi connectivity index (χ2n) is 8.67. The Balaban J connectivity index is 1.74. The molecule has 1 unspecified atom stereocenters. The first-order chi connectivity index (χ1) is 16.0. The molecule has 4 rings (SSSR count). The third-order valence-corrected chi connectivity index (χ3v) is 6.04. The van der Waals surface area contributed by atoms with Gasteiger partial charge >= 0.3 is 0 Å². The fourth-order valence-electron chi connectivity index (χ4n) is 4.52. The van der Waals surface area contributed by atoms with Gasteiger partial charge in [0, 0.05) is 19.2 Å². The topological polar surface area (TPSA) is 59.1 Å². The average Bonchev–Trinajstić information content (AvgIpc) is 3.08. The zero-order valence-corrected chi connectivity index (χ0v) is 19.7. The zero-order chi connectivity index (χ0) is 23.4. The Hall–Kier alpha value is -3.28. The number of benzene rings is 2. The molecule has 0 saturated carbocycles. The largest absolute Gasteiger partial charge is 0.494 e. The normalized spacial score (nSPS) is 18.8. The van der Waals surface area contributed by atoms with Crippen LogP contribution in [0.2, 0.25) is 0 Å². The monoisotopic (exact) mass is 448 g/mol. The Morgan fingerprint density at radius 2 is 1.76 bits per heavy atom. The predicted molar refractivity (Wildman–Crippen MR) is 129 cm³/mol. The number of anilines is 1. The molecule has 1 fully saturated rings. The fraction of sp³-hybridized carbons (Fsp3) is 0.407. The molecule has 0 aliphatic carbocycles. The summed E-state index contributed by atoms with van der Waals surface area (Å²) in [6, 6.07) is 14.6. The number of rotatable bonds is 8. The van der Waals surface area contributed by atoms with Gasteiger partial charge in [-0.3, -0.25) is 9.59 Å². The molecule has 1 saturated heterocycles. The summed E-state index contributed by atoms with van der Waals surface area (Å²) in [7, 11) is 0. The summed E-state index contributed by atoms with van der Waals surface area (Å²) < 4.78 is 11.3. The van der Waals surface area contributed by atoms with E-state index in [9.17, 15) is 9.59 Å². The van der Waals surface area contributed by atoms with E-state index in [0.717, 1.165) is 43.7 Å². The van der Waals surface area contributed by atoms with E-state index in [-0.39, 0.29) is 11.8 Å². The van der Waals surface area contributed by atoms with E-state index in [1.165, 1.54) is 4.90 Å². The first-order valence-corrected chi connectivity index (χ1v) is 11.9. The maximum absolute atomic E-state index is 13.7. The Bertz CT molecular complexity index is 1040. The predicted octanol–water partition coefficient (Wildman–Crippen LogP) is 4.89. The van der Waals surface area contributed by atoms with Crippen LogP contribution in [0.25, 0.3) is 5.57 Å². The average molecular weight is 449 g/mol. The zero-order valence-electron chi connectivity index (χ0n) is 19.7. The van der Waals surface area contributed by atoms with Crippen molar-refractivity contribution < 1.29 is 19.1 Å². The highest BCUT2D eigenvalue weighted by molar-refractivity contribution is 6.45. The molecule has 174 valence electrons. The SMILES string of the molecule is CCCOc1ccc(C2=C(N3CCCC(C)C3)C(=O)N(c3cccc(OCC)c3)C2=O)cc1. The third-order valence-electron chi connectivity index (χ3n) is 6.04. The number of carbonyl (C=O) groups excluding carboxylic acids is 2. The summed E-state index contributed by atoms with van der Waals surface area (Å²) in [6.07, 6.45) is 3.06. The smallest absolute Gasteiger partial charge is 0.282 e. The summed E-state index contributed by atoms with van der Waals surface area (Å²) in [5, 5.41) is 0. The van der Waals surface area contributed by atoms with Crippen molar-refractivity contribution >= 4 is 23.1 Å². The van der Waals surface area contributed by atoms with Crippen LogP contribution < -0.4 is 14.4 Å².